The van der Waals surface area contributed by atoms with Gasteiger partial charge >= 0.3 is 12.1 Å². The molecule has 1 heterocycles. The Morgan fingerprint density at radius 3 is 2.31 bits per heavy atom. The number of alkyl carbamates (subject to hydrolysis) is 1. The monoisotopic (exact) mass is 669 g/mol. The van der Waals surface area contributed by atoms with Gasteiger partial charge in [-0.3, -0.25) is 9.59 Å². The topological polar surface area (TPSA) is 152 Å². The fourth-order valence-corrected chi connectivity index (χ4v) is 6.14. The summed E-state index contributed by atoms with van der Waals surface area (Å²) >= 11 is 0. The lowest BCUT2D eigenvalue weighted by atomic mass is 9.97. The highest BCUT2D eigenvalue weighted by Crippen LogP contribution is 2.44. The van der Waals surface area contributed by atoms with Crippen LogP contribution >= 0.6 is 0 Å². The number of ether oxygens (including phenoxy) is 3. The van der Waals surface area contributed by atoms with E-state index in [0.29, 0.717) is 12.8 Å². The Morgan fingerprint density at radius 2 is 1.59 bits per heavy atom. The number of hydrogen-bond acceptors (Lipinski definition) is 8. The molecule has 0 bridgehead atoms. The number of esters is 1. The Morgan fingerprint density at radius 1 is 0.898 bits per heavy atom. The largest absolute Gasteiger partial charge is 0.462 e. The van der Waals surface area contributed by atoms with Crippen molar-refractivity contribution in [2.45, 2.75) is 43.7 Å². The highest BCUT2D eigenvalue weighted by molar-refractivity contribution is 5.86. The maximum absolute atomic E-state index is 13.5. The maximum atomic E-state index is 13.5. The van der Waals surface area contributed by atoms with Crippen molar-refractivity contribution in [3.63, 3.8) is 0 Å². The van der Waals surface area contributed by atoms with Gasteiger partial charge in [0, 0.05) is 18.9 Å². The Hall–Kier alpha value is -5.00. The van der Waals surface area contributed by atoms with Gasteiger partial charge in [-0.15, -0.1) is 0 Å². The summed E-state index contributed by atoms with van der Waals surface area (Å²) in [6.45, 7) is 0.506. The summed E-state index contributed by atoms with van der Waals surface area (Å²) in [5, 5.41) is 17.2. The fourth-order valence-electron chi connectivity index (χ4n) is 6.14. The molecule has 0 aromatic heterocycles. The highest BCUT2D eigenvalue weighted by Gasteiger charge is 2.31. The molecule has 0 unspecified atom stereocenters. The van der Waals surface area contributed by atoms with Gasteiger partial charge in [0.15, 0.2) is 0 Å². The second-order valence-corrected chi connectivity index (χ2v) is 12.0. The van der Waals surface area contributed by atoms with Crippen molar-refractivity contribution in [1.82, 2.24) is 16.0 Å². The number of nitrogens with one attached hydrogen (secondary N) is 3. The van der Waals surface area contributed by atoms with E-state index in [1.165, 1.54) is 0 Å². The van der Waals surface area contributed by atoms with Crippen molar-refractivity contribution in [2.75, 3.05) is 39.6 Å². The first kappa shape index (κ1) is 35.3. The molecule has 5 rings (SSSR count). The molecular formula is C38H43N3O8. The minimum atomic E-state index is -0.984. The lowest BCUT2D eigenvalue weighted by Gasteiger charge is -2.24. The van der Waals surface area contributed by atoms with E-state index in [1.54, 1.807) is 0 Å². The molecule has 1 aliphatic carbocycles. The average molecular weight is 670 g/mol. The first-order valence-electron chi connectivity index (χ1n) is 16.7. The number of allylic oxidation sites excluding steroid dienone is 2. The summed E-state index contributed by atoms with van der Waals surface area (Å²) in [5.74, 6) is -2.10. The Balaban J connectivity index is 1.24. The Kier molecular flexibility index (Phi) is 12.9. The third-order valence-corrected chi connectivity index (χ3v) is 8.65. The number of amides is 3. The molecule has 258 valence electrons. The summed E-state index contributed by atoms with van der Waals surface area (Å²) < 4.78 is 16.6. The van der Waals surface area contributed by atoms with Crippen molar-refractivity contribution in [2.24, 2.45) is 5.92 Å². The second kappa shape index (κ2) is 18.0. The zero-order valence-electron chi connectivity index (χ0n) is 27.3. The molecule has 11 nitrogen and oxygen atoms in total. The van der Waals surface area contributed by atoms with E-state index >= 15 is 0 Å². The first-order valence-corrected chi connectivity index (χ1v) is 16.7. The predicted octanol–water partition coefficient (Wildman–Crippen LogP) is 4.17. The SMILES string of the molecule is O=C(C[C@H]1CC=CCC[C@H](NC(=O)OCC2c3ccccc3-c3ccccc32)C(=O)OC[C@H](c2ccccc2)NC1=O)NCCOCCO. The van der Waals surface area contributed by atoms with E-state index < -0.39 is 30.1 Å². The van der Waals surface area contributed by atoms with E-state index in [4.69, 9.17) is 19.3 Å². The number of hydrogen-bond donors (Lipinski definition) is 4. The molecule has 3 amide bonds. The van der Waals surface area contributed by atoms with Crippen LogP contribution < -0.4 is 16.0 Å². The van der Waals surface area contributed by atoms with Gasteiger partial charge in [-0.25, -0.2) is 9.59 Å². The molecule has 2 aliphatic rings. The van der Waals surface area contributed by atoms with Crippen LogP contribution in [0.15, 0.2) is 91.0 Å². The van der Waals surface area contributed by atoms with E-state index in [1.807, 2.05) is 78.9 Å². The van der Waals surface area contributed by atoms with Crippen LogP contribution in [-0.2, 0) is 28.6 Å². The molecule has 0 fully saturated rings. The molecular weight excluding hydrogens is 626 g/mol. The van der Waals surface area contributed by atoms with Gasteiger partial charge in [0.25, 0.3) is 0 Å². The molecule has 1 aliphatic heterocycles. The molecule has 0 spiro atoms. The summed E-state index contributed by atoms with van der Waals surface area (Å²) in [5.41, 5.74) is 5.12. The summed E-state index contributed by atoms with van der Waals surface area (Å²) in [6, 6.07) is 23.5. The van der Waals surface area contributed by atoms with Crippen molar-refractivity contribution in [3.05, 3.63) is 108 Å². The van der Waals surface area contributed by atoms with Gasteiger partial charge < -0.3 is 35.3 Å². The maximum Gasteiger partial charge on any atom is 0.407 e. The summed E-state index contributed by atoms with van der Waals surface area (Å²) in [4.78, 5) is 52.6. The normalized spacial score (nSPS) is 19.6. The number of fused-ring (bicyclic) bond motifs is 3. The minimum Gasteiger partial charge on any atom is -0.462 e. The lowest BCUT2D eigenvalue weighted by Crippen LogP contribution is -2.43. The van der Waals surface area contributed by atoms with Gasteiger partial charge in [0.1, 0.15) is 19.3 Å². The third kappa shape index (κ3) is 9.77. The van der Waals surface area contributed by atoms with E-state index in [9.17, 15) is 19.2 Å². The predicted molar refractivity (Wildman–Crippen MR) is 182 cm³/mol. The van der Waals surface area contributed by atoms with Crippen LogP contribution in [0.2, 0.25) is 0 Å². The van der Waals surface area contributed by atoms with Crippen molar-refractivity contribution in [1.29, 1.82) is 0 Å². The van der Waals surface area contributed by atoms with Crippen LogP contribution in [0.4, 0.5) is 4.79 Å². The molecule has 4 N–H and O–H groups in total. The summed E-state index contributed by atoms with van der Waals surface area (Å²) in [7, 11) is 0. The quantitative estimate of drug-likeness (QED) is 0.135. The number of cyclic esters (lactones) is 1. The minimum absolute atomic E-state index is 0.0521. The van der Waals surface area contributed by atoms with E-state index in [2.05, 4.69) is 28.1 Å². The molecule has 3 atom stereocenters. The number of aliphatic hydroxyl groups is 1. The number of carbonyl (C=O) groups is 4. The van der Waals surface area contributed by atoms with E-state index in [-0.39, 0.29) is 70.2 Å². The molecule has 0 saturated carbocycles. The highest BCUT2D eigenvalue weighted by atomic mass is 16.6. The molecule has 3 aromatic carbocycles. The molecule has 11 heteroatoms. The van der Waals surface area contributed by atoms with Crippen LogP contribution in [0.3, 0.4) is 0 Å². The first-order chi connectivity index (χ1) is 23.9. The van der Waals surface area contributed by atoms with Gasteiger partial charge in [0.05, 0.1) is 31.8 Å². The zero-order valence-corrected chi connectivity index (χ0v) is 27.3. The molecule has 49 heavy (non-hydrogen) atoms. The van der Waals surface area contributed by atoms with Crippen molar-refractivity contribution >= 4 is 23.9 Å². The van der Waals surface area contributed by atoms with Crippen LogP contribution in [0.1, 0.15) is 54.3 Å². The lowest BCUT2D eigenvalue weighted by molar-refractivity contribution is -0.147. The average Bonchev–Trinajstić information content (AvgIpc) is 3.44. The third-order valence-electron chi connectivity index (χ3n) is 8.65. The van der Waals surface area contributed by atoms with Gasteiger partial charge in [-0.1, -0.05) is 91.0 Å². The van der Waals surface area contributed by atoms with Gasteiger partial charge in [-0.2, -0.15) is 0 Å². The van der Waals surface area contributed by atoms with Crippen LogP contribution in [0, 0.1) is 5.92 Å². The Labute approximate surface area is 286 Å². The molecule has 0 saturated heterocycles. The smallest absolute Gasteiger partial charge is 0.407 e. The number of rotatable bonds is 11. The van der Waals surface area contributed by atoms with Crippen LogP contribution in [0.25, 0.3) is 11.1 Å². The number of aliphatic hydroxyl groups excluding tert-OH is 1. The number of benzene rings is 3. The fraction of sp³-hybridized carbons (Fsp3) is 0.368. The molecule has 0 radical (unpaired) electrons. The van der Waals surface area contributed by atoms with E-state index in [0.717, 1.165) is 27.8 Å². The summed E-state index contributed by atoms with van der Waals surface area (Å²) in [6.07, 6.45) is 3.81. The van der Waals surface area contributed by atoms with Gasteiger partial charge in [0.2, 0.25) is 11.8 Å². The standard InChI is InChI=1S/C38H43N3O8/c42-20-22-47-21-19-39-35(43)23-27-13-5-2-6-18-33(37(45)48-25-34(40-36(27)44)26-11-3-1-4-12-26)41-38(46)49-24-32-30-16-9-7-14-28(30)29-15-8-10-17-31(29)32/h1-5,7-12,14-17,27,32-34,42H,6,13,18-25H2,(H,39,43)(H,40,44)(H,41,46)/t27-,33+,34-/m1/s1. The second-order valence-electron chi connectivity index (χ2n) is 12.0. The Bertz CT molecular complexity index is 1570. The van der Waals surface area contributed by atoms with Crippen LogP contribution in [-0.4, -0.2) is 74.6 Å². The number of carbonyl (C=O) groups excluding carboxylic acids is 4. The molecule has 3 aromatic rings. The van der Waals surface area contributed by atoms with Crippen molar-refractivity contribution in [3.8, 4) is 11.1 Å². The van der Waals surface area contributed by atoms with Crippen LogP contribution in [0.5, 0.6) is 0 Å². The zero-order chi connectivity index (χ0) is 34.4. The van der Waals surface area contributed by atoms with Gasteiger partial charge in [-0.05, 0) is 47.1 Å². The van der Waals surface area contributed by atoms with Crippen molar-refractivity contribution < 1.29 is 38.5 Å².